The third-order valence-electron chi connectivity index (χ3n) is 4.25. The number of anilines is 3. The summed E-state index contributed by atoms with van der Waals surface area (Å²) < 4.78 is 10.2. The molecule has 10 heteroatoms. The van der Waals surface area contributed by atoms with Gasteiger partial charge in [-0.1, -0.05) is 13.2 Å². The highest BCUT2D eigenvalue weighted by Crippen LogP contribution is 2.16. The Labute approximate surface area is 198 Å². The zero-order valence-corrected chi connectivity index (χ0v) is 19.4. The predicted molar refractivity (Wildman–Crippen MR) is 132 cm³/mol. The molecule has 0 saturated carbocycles. The molecule has 0 aliphatic rings. The van der Waals surface area contributed by atoms with E-state index in [1.165, 1.54) is 24.3 Å². The Morgan fingerprint density at radius 2 is 1.24 bits per heavy atom. The van der Waals surface area contributed by atoms with Crippen molar-refractivity contribution >= 4 is 34.7 Å². The molecular weight excluding hydrogens is 440 g/mol. The minimum absolute atomic E-state index is 0.0641. The number of hydrogen-bond acceptors (Lipinski definition) is 9. The van der Waals surface area contributed by atoms with Gasteiger partial charge in [0, 0.05) is 40.3 Å². The van der Waals surface area contributed by atoms with E-state index in [1.807, 2.05) is 17.0 Å². The van der Waals surface area contributed by atoms with Gasteiger partial charge in [-0.15, -0.1) is 0 Å². The Kier molecular flexibility index (Phi) is 11.4. The molecule has 0 aromatic heterocycles. The van der Waals surface area contributed by atoms with Crippen LogP contribution in [0.1, 0.15) is 13.8 Å². The van der Waals surface area contributed by atoms with E-state index in [-0.39, 0.29) is 18.9 Å². The normalized spacial score (nSPS) is 9.71. The highest BCUT2D eigenvalue weighted by atomic mass is 16.6. The molecule has 2 aromatic rings. The highest BCUT2D eigenvalue weighted by molar-refractivity contribution is 5.87. The van der Waals surface area contributed by atoms with Gasteiger partial charge in [0.15, 0.2) is 0 Å². The van der Waals surface area contributed by atoms with E-state index in [2.05, 4.69) is 13.2 Å². The monoisotopic (exact) mass is 470 g/mol. The van der Waals surface area contributed by atoms with Crippen LogP contribution in [0.4, 0.5) is 22.7 Å². The van der Waals surface area contributed by atoms with Gasteiger partial charge in [0.05, 0.1) is 18.0 Å². The third kappa shape index (κ3) is 10.3. The van der Waals surface area contributed by atoms with Crippen LogP contribution in [0.5, 0.6) is 0 Å². The average molecular weight is 471 g/mol. The second-order valence-electron chi connectivity index (χ2n) is 7.26. The summed E-state index contributed by atoms with van der Waals surface area (Å²) in [6, 6.07) is 13.0. The Hall–Kier alpha value is -4.34. The standard InChI is InChI=1S/C18H24N2O4.C6H6N2O2/c1-13(2)17(21)23-11-9-20(10-12-24-18(22)14(3)4)16-7-5-15(19)6-8-16;7-5-1-3-6(4-2-5)8(9)10/h5-8H,1,3,9-12,19H2,2,4H3;1-4H,7H2. The lowest BCUT2D eigenvalue weighted by Crippen LogP contribution is -2.32. The first-order valence-corrected chi connectivity index (χ1v) is 10.3. The number of non-ortho nitro benzene ring substituents is 1. The maximum absolute atomic E-state index is 11.4. The fourth-order valence-corrected chi connectivity index (χ4v) is 2.39. The second kappa shape index (κ2) is 13.9. The number of benzene rings is 2. The zero-order valence-electron chi connectivity index (χ0n) is 19.4. The summed E-state index contributed by atoms with van der Waals surface area (Å²) in [5, 5.41) is 10.1. The first-order valence-electron chi connectivity index (χ1n) is 10.3. The number of nitrogen functional groups attached to an aromatic ring is 2. The van der Waals surface area contributed by atoms with Gasteiger partial charge >= 0.3 is 11.9 Å². The lowest BCUT2D eigenvalue weighted by Gasteiger charge is -2.24. The number of nitro groups is 1. The molecule has 0 aliphatic carbocycles. The summed E-state index contributed by atoms with van der Waals surface area (Å²) in [6.07, 6.45) is 0. The molecule has 2 rings (SSSR count). The van der Waals surface area contributed by atoms with Crippen LogP contribution in [0.2, 0.25) is 0 Å². The zero-order chi connectivity index (χ0) is 25.7. The molecule has 182 valence electrons. The number of hydrogen-bond donors (Lipinski definition) is 2. The molecule has 0 aliphatic heterocycles. The van der Waals surface area contributed by atoms with Crippen LogP contribution in [0, 0.1) is 10.1 Å². The number of carbonyl (C=O) groups is 2. The summed E-state index contributed by atoms with van der Waals surface area (Å²) >= 11 is 0. The largest absolute Gasteiger partial charge is 0.460 e. The van der Waals surface area contributed by atoms with Crippen LogP contribution < -0.4 is 16.4 Å². The molecule has 0 spiro atoms. The fourth-order valence-electron chi connectivity index (χ4n) is 2.39. The number of nitrogens with zero attached hydrogens (tertiary/aromatic N) is 2. The summed E-state index contributed by atoms with van der Waals surface area (Å²) in [5.41, 5.74) is 13.8. The van der Waals surface area contributed by atoms with E-state index < -0.39 is 16.9 Å². The van der Waals surface area contributed by atoms with E-state index in [4.69, 9.17) is 20.9 Å². The maximum Gasteiger partial charge on any atom is 0.333 e. The van der Waals surface area contributed by atoms with E-state index in [1.54, 1.807) is 26.0 Å². The van der Waals surface area contributed by atoms with Crippen molar-refractivity contribution < 1.29 is 24.0 Å². The van der Waals surface area contributed by atoms with E-state index >= 15 is 0 Å². The van der Waals surface area contributed by atoms with Crippen molar-refractivity contribution in [1.82, 2.24) is 0 Å². The minimum atomic E-state index is -0.459. The molecular formula is C24H30N4O6. The summed E-state index contributed by atoms with van der Waals surface area (Å²) in [7, 11) is 0. The molecule has 0 saturated heterocycles. The predicted octanol–water partition coefficient (Wildman–Crippen LogP) is 3.49. The third-order valence-corrected chi connectivity index (χ3v) is 4.25. The lowest BCUT2D eigenvalue weighted by atomic mass is 10.2. The average Bonchev–Trinajstić information content (AvgIpc) is 2.79. The number of nitrogens with two attached hydrogens (primary N) is 2. The van der Waals surface area contributed by atoms with E-state index in [0.717, 1.165) is 5.69 Å². The minimum Gasteiger partial charge on any atom is -0.460 e. The quantitative estimate of drug-likeness (QED) is 0.175. The van der Waals surface area contributed by atoms with Crippen LogP contribution >= 0.6 is 0 Å². The molecule has 10 nitrogen and oxygen atoms in total. The molecule has 4 N–H and O–H groups in total. The Morgan fingerprint density at radius 3 is 1.59 bits per heavy atom. The molecule has 0 radical (unpaired) electrons. The van der Waals surface area contributed by atoms with Crippen LogP contribution in [-0.4, -0.2) is 43.2 Å². The molecule has 0 amide bonds. The van der Waals surface area contributed by atoms with Crippen molar-refractivity contribution in [2.45, 2.75) is 13.8 Å². The van der Waals surface area contributed by atoms with Crippen molar-refractivity contribution in [3.05, 3.63) is 82.9 Å². The van der Waals surface area contributed by atoms with Crippen molar-refractivity contribution in [3.8, 4) is 0 Å². The first kappa shape index (κ1) is 27.7. The molecule has 0 fully saturated rings. The van der Waals surface area contributed by atoms with Gasteiger partial charge in [-0.25, -0.2) is 9.59 Å². The SMILES string of the molecule is C=C(C)C(=O)OCCN(CCOC(=O)C(=C)C)c1ccc(N)cc1.Nc1ccc([N+](=O)[O-])cc1. The smallest absolute Gasteiger partial charge is 0.333 e. The van der Waals surface area contributed by atoms with Gasteiger partial charge in [0.1, 0.15) is 13.2 Å². The van der Waals surface area contributed by atoms with Crippen molar-refractivity contribution in [3.63, 3.8) is 0 Å². The number of carbonyl (C=O) groups excluding carboxylic acids is 2. The summed E-state index contributed by atoms with van der Waals surface area (Å²) in [6.45, 7) is 11.6. The van der Waals surface area contributed by atoms with Gasteiger partial charge in [0.2, 0.25) is 0 Å². The molecule has 0 bridgehead atoms. The Morgan fingerprint density at radius 1 is 0.853 bits per heavy atom. The van der Waals surface area contributed by atoms with Crippen molar-refractivity contribution in [2.24, 2.45) is 0 Å². The highest BCUT2D eigenvalue weighted by Gasteiger charge is 2.11. The van der Waals surface area contributed by atoms with Crippen molar-refractivity contribution in [1.29, 1.82) is 0 Å². The van der Waals surface area contributed by atoms with Gasteiger partial charge in [-0.05, 0) is 50.2 Å². The van der Waals surface area contributed by atoms with E-state index in [0.29, 0.717) is 35.6 Å². The maximum atomic E-state index is 11.4. The molecule has 0 heterocycles. The Balaban J connectivity index is 0.000000479. The number of esters is 2. The van der Waals surface area contributed by atoms with Crippen molar-refractivity contribution in [2.75, 3.05) is 42.7 Å². The van der Waals surface area contributed by atoms with Gasteiger partial charge < -0.3 is 25.8 Å². The number of rotatable bonds is 10. The fraction of sp³-hybridized carbons (Fsp3) is 0.250. The second-order valence-corrected chi connectivity index (χ2v) is 7.26. The van der Waals surface area contributed by atoms with Gasteiger partial charge in [-0.2, -0.15) is 0 Å². The molecule has 0 unspecified atom stereocenters. The lowest BCUT2D eigenvalue weighted by molar-refractivity contribution is -0.384. The first-order chi connectivity index (χ1) is 16.0. The van der Waals surface area contributed by atoms with E-state index in [9.17, 15) is 19.7 Å². The molecule has 34 heavy (non-hydrogen) atoms. The summed E-state index contributed by atoms with van der Waals surface area (Å²) in [4.78, 5) is 34.5. The Bertz CT molecular complexity index is 971. The van der Waals surface area contributed by atoms with Gasteiger partial charge in [-0.3, -0.25) is 10.1 Å². The number of ether oxygens (including phenoxy) is 2. The van der Waals surface area contributed by atoms with Crippen LogP contribution in [0.15, 0.2) is 72.8 Å². The van der Waals surface area contributed by atoms with Crippen LogP contribution in [0.3, 0.4) is 0 Å². The topological polar surface area (TPSA) is 151 Å². The molecule has 2 aromatic carbocycles. The van der Waals surface area contributed by atoms with Crippen LogP contribution in [0.25, 0.3) is 0 Å². The van der Waals surface area contributed by atoms with Gasteiger partial charge in [0.25, 0.3) is 5.69 Å². The molecule has 0 atom stereocenters. The van der Waals surface area contributed by atoms with Crippen LogP contribution in [-0.2, 0) is 19.1 Å². The number of nitro benzene ring substituents is 1. The summed E-state index contributed by atoms with van der Waals surface area (Å²) in [5.74, 6) is -0.859.